The summed E-state index contributed by atoms with van der Waals surface area (Å²) < 4.78 is 0. The van der Waals surface area contributed by atoms with Crippen LogP contribution in [0, 0.1) is 6.92 Å². The monoisotopic (exact) mass is 262 g/mol. The molecule has 0 radical (unpaired) electrons. The Labute approximate surface area is 114 Å². The molecule has 1 aromatic rings. The fraction of sp³-hybridized carbons (Fsp3) is 0.533. The quantitative estimate of drug-likeness (QED) is 0.818. The van der Waals surface area contributed by atoms with Gasteiger partial charge >= 0.3 is 5.97 Å². The van der Waals surface area contributed by atoms with Crippen molar-refractivity contribution in [3.8, 4) is 0 Å². The summed E-state index contributed by atoms with van der Waals surface area (Å²) in [5.74, 6) is -0.734. The molecular weight excluding hydrogens is 240 g/mol. The maximum absolute atomic E-state index is 10.5. The molecule has 104 valence electrons. The van der Waals surface area contributed by atoms with E-state index in [1.165, 1.54) is 11.1 Å². The van der Waals surface area contributed by atoms with Crippen molar-refractivity contribution in [2.45, 2.75) is 32.4 Å². The van der Waals surface area contributed by atoms with Gasteiger partial charge in [0, 0.05) is 32.2 Å². The minimum Gasteiger partial charge on any atom is -0.481 e. The zero-order chi connectivity index (χ0) is 13.7. The van der Waals surface area contributed by atoms with Gasteiger partial charge in [-0.3, -0.25) is 9.69 Å². The van der Waals surface area contributed by atoms with Gasteiger partial charge in [-0.15, -0.1) is 0 Å². The Morgan fingerprint density at radius 2 is 2.16 bits per heavy atom. The average molecular weight is 262 g/mol. The third kappa shape index (κ3) is 4.65. The van der Waals surface area contributed by atoms with Crippen molar-refractivity contribution in [1.29, 1.82) is 0 Å². The summed E-state index contributed by atoms with van der Waals surface area (Å²) in [4.78, 5) is 12.9. The van der Waals surface area contributed by atoms with E-state index in [4.69, 9.17) is 5.11 Å². The molecule has 0 aromatic heterocycles. The Kier molecular flexibility index (Phi) is 4.93. The number of carbonyl (C=O) groups is 1. The number of rotatable bonds is 6. The Bertz CT molecular complexity index is 417. The SMILES string of the molecule is Cc1ccc(CN2CCC(NCCC(=O)O)C2)cc1. The normalized spacial score (nSPS) is 19.7. The average Bonchev–Trinajstić information content (AvgIpc) is 2.79. The van der Waals surface area contributed by atoms with Gasteiger partial charge in [0.05, 0.1) is 6.42 Å². The van der Waals surface area contributed by atoms with E-state index >= 15 is 0 Å². The van der Waals surface area contributed by atoms with E-state index in [0.29, 0.717) is 12.6 Å². The molecule has 19 heavy (non-hydrogen) atoms. The molecular formula is C15H22N2O2. The van der Waals surface area contributed by atoms with E-state index in [-0.39, 0.29) is 6.42 Å². The largest absolute Gasteiger partial charge is 0.481 e. The van der Waals surface area contributed by atoms with Gasteiger partial charge in [0.1, 0.15) is 0 Å². The highest BCUT2D eigenvalue weighted by atomic mass is 16.4. The molecule has 2 N–H and O–H groups in total. The lowest BCUT2D eigenvalue weighted by atomic mass is 10.1. The minimum absolute atomic E-state index is 0.203. The number of carboxylic acid groups (broad SMARTS) is 1. The van der Waals surface area contributed by atoms with Crippen molar-refractivity contribution in [3.63, 3.8) is 0 Å². The summed E-state index contributed by atoms with van der Waals surface area (Å²) in [6.45, 7) is 5.74. The number of carboxylic acids is 1. The van der Waals surface area contributed by atoms with Crippen LogP contribution in [0.5, 0.6) is 0 Å². The lowest BCUT2D eigenvalue weighted by molar-refractivity contribution is -0.136. The Morgan fingerprint density at radius 1 is 1.42 bits per heavy atom. The number of hydrogen-bond donors (Lipinski definition) is 2. The number of aryl methyl sites for hydroxylation is 1. The van der Waals surface area contributed by atoms with Gasteiger partial charge in [0.25, 0.3) is 0 Å². The smallest absolute Gasteiger partial charge is 0.304 e. The van der Waals surface area contributed by atoms with Gasteiger partial charge in [-0.2, -0.15) is 0 Å². The zero-order valence-corrected chi connectivity index (χ0v) is 11.4. The first kappa shape index (κ1) is 14.0. The van der Waals surface area contributed by atoms with Crippen LogP contribution in [-0.2, 0) is 11.3 Å². The van der Waals surface area contributed by atoms with Gasteiger partial charge in [-0.25, -0.2) is 0 Å². The van der Waals surface area contributed by atoms with E-state index in [1.807, 2.05) is 0 Å². The molecule has 0 saturated carbocycles. The number of nitrogens with zero attached hydrogens (tertiary/aromatic N) is 1. The molecule has 1 aromatic carbocycles. The van der Waals surface area contributed by atoms with E-state index in [0.717, 1.165) is 26.1 Å². The summed E-state index contributed by atoms with van der Waals surface area (Å²) in [5.41, 5.74) is 2.63. The number of hydrogen-bond acceptors (Lipinski definition) is 3. The minimum atomic E-state index is -0.734. The molecule has 1 saturated heterocycles. The van der Waals surface area contributed by atoms with Gasteiger partial charge in [-0.1, -0.05) is 29.8 Å². The van der Waals surface area contributed by atoms with Crippen LogP contribution in [-0.4, -0.2) is 41.7 Å². The molecule has 0 aliphatic carbocycles. The summed E-state index contributed by atoms with van der Waals surface area (Å²) in [6.07, 6.45) is 1.31. The summed E-state index contributed by atoms with van der Waals surface area (Å²) in [7, 11) is 0. The standard InChI is InChI=1S/C15H22N2O2/c1-12-2-4-13(5-3-12)10-17-9-7-14(11-17)16-8-6-15(18)19/h2-5,14,16H,6-11H2,1H3,(H,18,19). The molecule has 1 aliphatic rings. The highest BCUT2D eigenvalue weighted by Crippen LogP contribution is 2.14. The van der Waals surface area contributed by atoms with Gasteiger partial charge in [-0.05, 0) is 18.9 Å². The Hall–Kier alpha value is -1.39. The number of aliphatic carboxylic acids is 1. The molecule has 1 heterocycles. The Morgan fingerprint density at radius 3 is 2.84 bits per heavy atom. The topological polar surface area (TPSA) is 52.6 Å². The first-order valence-electron chi connectivity index (χ1n) is 6.86. The van der Waals surface area contributed by atoms with Crippen molar-refractivity contribution in [2.75, 3.05) is 19.6 Å². The second-order valence-corrected chi connectivity index (χ2v) is 5.30. The Balaban J connectivity index is 1.72. The number of nitrogens with one attached hydrogen (secondary N) is 1. The maximum atomic E-state index is 10.5. The van der Waals surface area contributed by atoms with E-state index in [9.17, 15) is 4.79 Å². The van der Waals surface area contributed by atoms with Crippen molar-refractivity contribution in [3.05, 3.63) is 35.4 Å². The van der Waals surface area contributed by atoms with Crippen molar-refractivity contribution in [2.24, 2.45) is 0 Å². The molecule has 4 heteroatoms. The third-order valence-electron chi connectivity index (χ3n) is 3.57. The number of benzene rings is 1. The second kappa shape index (κ2) is 6.68. The predicted molar refractivity (Wildman–Crippen MR) is 75.1 cm³/mol. The third-order valence-corrected chi connectivity index (χ3v) is 3.57. The van der Waals surface area contributed by atoms with Crippen LogP contribution in [0.2, 0.25) is 0 Å². The molecule has 0 spiro atoms. The molecule has 0 amide bonds. The van der Waals surface area contributed by atoms with Crippen molar-refractivity contribution < 1.29 is 9.90 Å². The number of likely N-dealkylation sites (tertiary alicyclic amines) is 1. The zero-order valence-electron chi connectivity index (χ0n) is 11.4. The maximum Gasteiger partial charge on any atom is 0.304 e. The molecule has 1 atom stereocenters. The molecule has 0 bridgehead atoms. The first-order valence-corrected chi connectivity index (χ1v) is 6.86. The second-order valence-electron chi connectivity index (χ2n) is 5.30. The van der Waals surface area contributed by atoms with Crippen LogP contribution in [0.25, 0.3) is 0 Å². The molecule has 1 fully saturated rings. The van der Waals surface area contributed by atoms with E-state index < -0.39 is 5.97 Å². The molecule has 1 unspecified atom stereocenters. The molecule has 1 aliphatic heterocycles. The van der Waals surface area contributed by atoms with Crippen LogP contribution in [0.3, 0.4) is 0 Å². The van der Waals surface area contributed by atoms with Crippen LogP contribution < -0.4 is 5.32 Å². The highest BCUT2D eigenvalue weighted by molar-refractivity contribution is 5.66. The molecule has 2 rings (SSSR count). The van der Waals surface area contributed by atoms with E-state index in [2.05, 4.69) is 41.4 Å². The lowest BCUT2D eigenvalue weighted by Gasteiger charge is -2.16. The lowest BCUT2D eigenvalue weighted by Crippen LogP contribution is -2.33. The van der Waals surface area contributed by atoms with Crippen LogP contribution in [0.4, 0.5) is 0 Å². The fourth-order valence-electron chi connectivity index (χ4n) is 2.48. The first-order chi connectivity index (χ1) is 9.13. The summed E-state index contributed by atoms with van der Waals surface area (Å²) >= 11 is 0. The van der Waals surface area contributed by atoms with E-state index in [1.54, 1.807) is 0 Å². The predicted octanol–water partition coefficient (Wildman–Crippen LogP) is 1.63. The fourth-order valence-corrected chi connectivity index (χ4v) is 2.48. The summed E-state index contributed by atoms with van der Waals surface area (Å²) in [5, 5.41) is 11.9. The van der Waals surface area contributed by atoms with Crippen LogP contribution in [0.15, 0.2) is 24.3 Å². The molecule has 4 nitrogen and oxygen atoms in total. The van der Waals surface area contributed by atoms with Crippen molar-refractivity contribution in [1.82, 2.24) is 10.2 Å². The van der Waals surface area contributed by atoms with Crippen molar-refractivity contribution >= 4 is 5.97 Å². The highest BCUT2D eigenvalue weighted by Gasteiger charge is 2.21. The van der Waals surface area contributed by atoms with Gasteiger partial charge in [0.15, 0.2) is 0 Å². The van der Waals surface area contributed by atoms with Crippen LogP contribution >= 0.6 is 0 Å². The van der Waals surface area contributed by atoms with Gasteiger partial charge in [0.2, 0.25) is 0 Å². The van der Waals surface area contributed by atoms with Gasteiger partial charge < -0.3 is 10.4 Å². The van der Waals surface area contributed by atoms with Crippen LogP contribution in [0.1, 0.15) is 24.0 Å². The summed E-state index contributed by atoms with van der Waals surface area (Å²) in [6, 6.07) is 9.09.